The summed E-state index contributed by atoms with van der Waals surface area (Å²) >= 11 is 0. The molecule has 0 aromatic heterocycles. The van der Waals surface area contributed by atoms with Gasteiger partial charge in [-0.2, -0.15) is 0 Å². The van der Waals surface area contributed by atoms with E-state index in [4.69, 9.17) is 20.0 Å². The molecule has 0 aliphatic rings. The maximum Gasteiger partial charge on any atom is 0.471 e. The average Bonchev–Trinajstić information content (AvgIpc) is 1.81. The standard InChI is InChI=1S/C4H6O2.C2H7O5P/c1-3(2)4(5)6;1-2(3)7-8(4,5)6/h1H2,2H3,(H,5,6);2-3H,1H3,(H2,4,5,6). The molecule has 0 aliphatic carbocycles. The second kappa shape index (κ2) is 6.69. The van der Waals surface area contributed by atoms with Crippen LogP contribution in [0.2, 0.25) is 0 Å². The summed E-state index contributed by atoms with van der Waals surface area (Å²) in [4.78, 5) is 25.4. The highest BCUT2D eigenvalue weighted by atomic mass is 31.2. The maximum atomic E-state index is 9.75. The number of hydrogen-bond donors (Lipinski definition) is 4. The van der Waals surface area contributed by atoms with Crippen LogP contribution in [0, 0.1) is 0 Å². The first-order valence-electron chi connectivity index (χ1n) is 3.37. The molecule has 0 heterocycles. The molecular formula is C6H13O7P. The van der Waals surface area contributed by atoms with E-state index in [-0.39, 0.29) is 5.57 Å². The Morgan fingerprint density at radius 2 is 1.79 bits per heavy atom. The second-order valence-electron chi connectivity index (χ2n) is 2.28. The van der Waals surface area contributed by atoms with Gasteiger partial charge in [-0.3, -0.25) is 4.52 Å². The minimum Gasteiger partial charge on any atom is -0.478 e. The zero-order chi connectivity index (χ0) is 11.9. The van der Waals surface area contributed by atoms with E-state index in [0.717, 1.165) is 6.92 Å². The molecule has 8 heteroatoms. The molecule has 1 unspecified atom stereocenters. The smallest absolute Gasteiger partial charge is 0.471 e. The van der Waals surface area contributed by atoms with E-state index in [1.807, 2.05) is 0 Å². The minimum absolute atomic E-state index is 0.176. The lowest BCUT2D eigenvalue weighted by Crippen LogP contribution is -2.02. The maximum absolute atomic E-state index is 9.75. The fourth-order valence-electron chi connectivity index (χ4n) is 0.199. The van der Waals surface area contributed by atoms with Gasteiger partial charge < -0.3 is 20.0 Å². The van der Waals surface area contributed by atoms with Crippen molar-refractivity contribution in [3.8, 4) is 0 Å². The van der Waals surface area contributed by atoms with Gasteiger partial charge in [0, 0.05) is 5.57 Å². The monoisotopic (exact) mass is 228 g/mol. The first kappa shape index (κ1) is 15.7. The Kier molecular flexibility index (Phi) is 7.52. The number of aliphatic hydroxyl groups is 1. The summed E-state index contributed by atoms with van der Waals surface area (Å²) in [5.41, 5.74) is 0.176. The molecule has 0 saturated carbocycles. The van der Waals surface area contributed by atoms with Crippen LogP contribution in [0.4, 0.5) is 0 Å². The summed E-state index contributed by atoms with van der Waals surface area (Å²) in [5, 5.41) is 16.1. The Morgan fingerprint density at radius 1 is 1.50 bits per heavy atom. The van der Waals surface area contributed by atoms with Crippen LogP contribution >= 0.6 is 7.82 Å². The lowest BCUT2D eigenvalue weighted by atomic mass is 10.4. The Morgan fingerprint density at radius 3 is 1.79 bits per heavy atom. The number of carboxylic acids is 1. The lowest BCUT2D eigenvalue weighted by Gasteiger charge is -2.05. The molecule has 4 N–H and O–H groups in total. The van der Waals surface area contributed by atoms with Gasteiger partial charge >= 0.3 is 13.8 Å². The van der Waals surface area contributed by atoms with E-state index >= 15 is 0 Å². The quantitative estimate of drug-likeness (QED) is 0.306. The fraction of sp³-hybridized carbons (Fsp3) is 0.500. The minimum atomic E-state index is -4.47. The normalized spacial score (nSPS) is 12.4. The molecule has 7 nitrogen and oxygen atoms in total. The zero-order valence-electron chi connectivity index (χ0n) is 7.75. The number of phosphoric acid groups is 1. The van der Waals surface area contributed by atoms with Gasteiger partial charge in [0.1, 0.15) is 0 Å². The van der Waals surface area contributed by atoms with Crippen molar-refractivity contribution in [2.45, 2.75) is 20.1 Å². The number of aliphatic carboxylic acids is 1. The van der Waals surface area contributed by atoms with Crippen molar-refractivity contribution in [1.29, 1.82) is 0 Å². The Labute approximate surface area is 80.9 Å². The van der Waals surface area contributed by atoms with E-state index < -0.39 is 20.1 Å². The van der Waals surface area contributed by atoms with Crippen LogP contribution in [-0.2, 0) is 13.9 Å². The highest BCUT2D eigenvalue weighted by molar-refractivity contribution is 7.46. The first-order chi connectivity index (χ1) is 6.06. The molecule has 0 radical (unpaired) electrons. The molecule has 14 heavy (non-hydrogen) atoms. The van der Waals surface area contributed by atoms with Crippen LogP contribution in [0.1, 0.15) is 13.8 Å². The van der Waals surface area contributed by atoms with Crippen molar-refractivity contribution in [3.63, 3.8) is 0 Å². The summed E-state index contributed by atoms with van der Waals surface area (Å²) in [6.07, 6.45) is -1.42. The van der Waals surface area contributed by atoms with Crippen LogP contribution < -0.4 is 0 Å². The Bertz CT molecular complexity index is 229. The lowest BCUT2D eigenvalue weighted by molar-refractivity contribution is -0.132. The van der Waals surface area contributed by atoms with Crippen LogP contribution in [0.25, 0.3) is 0 Å². The van der Waals surface area contributed by atoms with Crippen LogP contribution in [0.15, 0.2) is 12.2 Å². The van der Waals surface area contributed by atoms with Gasteiger partial charge in [-0.15, -0.1) is 0 Å². The van der Waals surface area contributed by atoms with Crippen molar-refractivity contribution in [2.24, 2.45) is 0 Å². The van der Waals surface area contributed by atoms with Gasteiger partial charge in [0.15, 0.2) is 6.29 Å². The summed E-state index contributed by atoms with van der Waals surface area (Å²) in [5.74, 6) is -0.935. The number of hydrogen-bond acceptors (Lipinski definition) is 4. The first-order valence-corrected chi connectivity index (χ1v) is 4.90. The summed E-state index contributed by atoms with van der Waals surface area (Å²) in [6.45, 7) is 5.71. The van der Waals surface area contributed by atoms with Gasteiger partial charge in [0.05, 0.1) is 0 Å². The van der Waals surface area contributed by atoms with Gasteiger partial charge in [0.2, 0.25) is 0 Å². The van der Waals surface area contributed by atoms with Crippen LogP contribution in [0.3, 0.4) is 0 Å². The molecule has 0 fully saturated rings. The van der Waals surface area contributed by atoms with Crippen molar-refractivity contribution in [2.75, 3.05) is 0 Å². The van der Waals surface area contributed by atoms with Crippen molar-refractivity contribution in [1.82, 2.24) is 0 Å². The van der Waals surface area contributed by atoms with Gasteiger partial charge in [-0.1, -0.05) is 6.58 Å². The molecule has 0 amide bonds. The Hall–Kier alpha value is -0.720. The van der Waals surface area contributed by atoms with Crippen molar-refractivity contribution in [3.05, 3.63) is 12.2 Å². The predicted octanol–water partition coefficient (Wildman–Crippen LogP) is 0.0811. The molecule has 1 atom stereocenters. The van der Waals surface area contributed by atoms with E-state index in [1.54, 1.807) is 0 Å². The fourth-order valence-corrected chi connectivity index (χ4v) is 0.596. The number of phosphoric ester groups is 1. The third-order valence-corrected chi connectivity index (χ3v) is 1.23. The molecule has 0 aliphatic heterocycles. The summed E-state index contributed by atoms with van der Waals surface area (Å²) in [7, 11) is -4.47. The van der Waals surface area contributed by atoms with Gasteiger partial charge in [-0.25, -0.2) is 9.36 Å². The average molecular weight is 228 g/mol. The molecule has 0 spiro atoms. The molecule has 84 valence electrons. The largest absolute Gasteiger partial charge is 0.478 e. The van der Waals surface area contributed by atoms with Crippen LogP contribution in [0.5, 0.6) is 0 Å². The highest BCUT2D eigenvalue weighted by Crippen LogP contribution is 2.36. The number of rotatable bonds is 3. The molecule has 0 saturated heterocycles. The number of aliphatic hydroxyl groups excluding tert-OH is 1. The summed E-state index contributed by atoms with van der Waals surface area (Å²) < 4.78 is 13.4. The van der Waals surface area contributed by atoms with E-state index in [2.05, 4.69) is 11.1 Å². The van der Waals surface area contributed by atoms with Gasteiger partial charge in [0.25, 0.3) is 0 Å². The molecule has 0 rings (SSSR count). The summed E-state index contributed by atoms with van der Waals surface area (Å²) in [6, 6.07) is 0. The SMILES string of the molecule is C=C(C)C(=O)O.CC(O)OP(=O)(O)O. The van der Waals surface area contributed by atoms with Gasteiger partial charge in [-0.05, 0) is 13.8 Å². The molecule has 0 aromatic carbocycles. The van der Waals surface area contributed by atoms with Crippen molar-refractivity contribution >= 4 is 13.8 Å². The predicted molar refractivity (Wildman–Crippen MR) is 47.3 cm³/mol. The third kappa shape index (κ3) is 17.4. The molecule has 0 bridgehead atoms. The van der Waals surface area contributed by atoms with E-state index in [0.29, 0.717) is 0 Å². The number of carbonyl (C=O) groups is 1. The zero-order valence-corrected chi connectivity index (χ0v) is 8.64. The molecule has 0 aromatic rings. The van der Waals surface area contributed by atoms with Crippen LogP contribution in [-0.4, -0.2) is 32.3 Å². The molecular weight excluding hydrogens is 215 g/mol. The van der Waals surface area contributed by atoms with Crippen molar-refractivity contribution < 1.29 is 33.9 Å². The topological polar surface area (TPSA) is 124 Å². The second-order valence-corrected chi connectivity index (χ2v) is 3.47. The van der Waals surface area contributed by atoms with E-state index in [9.17, 15) is 9.36 Å². The third-order valence-electron chi connectivity index (χ3n) is 0.655. The highest BCUT2D eigenvalue weighted by Gasteiger charge is 2.16. The number of carboxylic acid groups (broad SMARTS) is 1. The Balaban J connectivity index is 0. The van der Waals surface area contributed by atoms with E-state index in [1.165, 1.54) is 6.92 Å².